The molecule has 0 saturated carbocycles. The number of benzene rings is 1. The first kappa shape index (κ1) is 16.5. The predicted octanol–water partition coefficient (Wildman–Crippen LogP) is 2.06. The quantitative estimate of drug-likeness (QED) is 0.832. The average Bonchev–Trinajstić information content (AvgIpc) is 2.71. The largest absolute Gasteiger partial charge is 3.00 e. The zero-order valence-corrected chi connectivity index (χ0v) is 14.4. The van der Waals surface area contributed by atoms with Gasteiger partial charge in [0.05, 0.1) is 0 Å². The van der Waals surface area contributed by atoms with Crippen molar-refractivity contribution in [3.8, 4) is 0 Å². The minimum absolute atomic E-state index is 0. The van der Waals surface area contributed by atoms with E-state index in [0.29, 0.717) is 11.6 Å². The van der Waals surface area contributed by atoms with E-state index in [0.717, 1.165) is 12.0 Å². The van der Waals surface area contributed by atoms with Gasteiger partial charge in [-0.3, -0.25) is 4.79 Å². The number of fused-ring (bicyclic) bond motifs is 1. The van der Waals surface area contributed by atoms with Gasteiger partial charge >= 0.3 is 32.7 Å². The molecule has 0 aromatic heterocycles. The summed E-state index contributed by atoms with van der Waals surface area (Å²) < 4.78 is 0. The van der Waals surface area contributed by atoms with Crippen LogP contribution in [0.5, 0.6) is 0 Å². The molecule has 96 valence electrons. The number of rotatable bonds is 3. The zero-order chi connectivity index (χ0) is 13.3. The number of carbonyl (C=O) groups is 1. The van der Waals surface area contributed by atoms with Gasteiger partial charge < -0.3 is 10.4 Å². The van der Waals surface area contributed by atoms with Gasteiger partial charge in [-0.1, -0.05) is 44.2 Å². The Morgan fingerprint density at radius 1 is 1.37 bits per heavy atom. The number of carbonyl (C=O) groups excluding carboxylic acids is 1. The average molecular weight is 333 g/mol. The second-order valence-electron chi connectivity index (χ2n) is 5.12. The molecule has 1 aliphatic rings. The molecule has 0 heterocycles. The van der Waals surface area contributed by atoms with Crippen LogP contribution < -0.4 is 5.32 Å². The van der Waals surface area contributed by atoms with Crippen LogP contribution in [-0.4, -0.2) is 16.6 Å². The van der Waals surface area contributed by atoms with Crippen molar-refractivity contribution in [2.45, 2.75) is 32.8 Å². The molecule has 0 fully saturated rings. The first-order valence-corrected chi connectivity index (χ1v) is 6.06. The normalized spacial score (nSPS) is 13.6. The molecule has 1 amide bonds. The maximum atomic E-state index is 12.2. The van der Waals surface area contributed by atoms with Crippen LogP contribution >= 0.6 is 0 Å². The summed E-state index contributed by atoms with van der Waals surface area (Å²) >= 11 is 0. The van der Waals surface area contributed by atoms with Gasteiger partial charge in [0.25, 0.3) is 0 Å². The van der Waals surface area contributed by atoms with Crippen LogP contribution in [-0.2, 0) is 43.9 Å². The van der Waals surface area contributed by atoms with E-state index in [9.17, 15) is 9.90 Å². The summed E-state index contributed by atoms with van der Waals surface area (Å²) in [5, 5.41) is 12.6. The van der Waals surface area contributed by atoms with Crippen LogP contribution in [0.4, 0.5) is 0 Å². The fourth-order valence-electron chi connectivity index (χ4n) is 1.89. The summed E-state index contributed by atoms with van der Waals surface area (Å²) in [6.45, 7) is 5.03. The summed E-state index contributed by atoms with van der Waals surface area (Å²) in [5.41, 5.74) is 1.84. The van der Waals surface area contributed by atoms with Crippen molar-refractivity contribution < 1.29 is 42.6 Å². The van der Waals surface area contributed by atoms with E-state index < -0.39 is 5.60 Å². The molecule has 0 radical (unpaired) electrons. The van der Waals surface area contributed by atoms with E-state index >= 15 is 0 Å². The molecule has 0 saturated heterocycles. The number of allylic oxidation sites excluding steroid dienone is 1. The molecule has 2 N–H and O–H groups in total. The Labute approximate surface area is 139 Å². The monoisotopic (exact) mass is 333 g/mol. The number of hydrogen-bond acceptors (Lipinski definition) is 2. The third-order valence-electron chi connectivity index (χ3n) is 3.30. The van der Waals surface area contributed by atoms with E-state index in [2.05, 4.69) is 5.32 Å². The Balaban J connectivity index is 0.00000180. The van der Waals surface area contributed by atoms with Gasteiger partial charge in [-0.2, -0.15) is 13.0 Å². The Kier molecular flexibility index (Phi) is 5.48. The summed E-state index contributed by atoms with van der Waals surface area (Å²) in [6.07, 6.45) is 2.72. The molecule has 0 bridgehead atoms. The number of amides is 1. The van der Waals surface area contributed by atoms with Crippen molar-refractivity contribution in [3.63, 3.8) is 0 Å². The van der Waals surface area contributed by atoms with Crippen LogP contribution in [0.2, 0.25) is 0 Å². The Bertz CT molecular complexity index is 503. The van der Waals surface area contributed by atoms with E-state index in [1.165, 1.54) is 5.56 Å². The third kappa shape index (κ3) is 3.74. The Hall–Kier alpha value is -0.506. The molecule has 1 aromatic rings. The topological polar surface area (TPSA) is 49.3 Å². The molecule has 1 aliphatic carbocycles. The number of aliphatic hydroxyl groups is 1. The molecule has 2 rings (SSSR count). The fraction of sp³-hybridized carbons (Fsp3) is 0.333. The number of nitrogens with one attached hydrogen (secondary N) is 1. The van der Waals surface area contributed by atoms with Crippen LogP contribution in [0.15, 0.2) is 30.3 Å². The third-order valence-corrected chi connectivity index (χ3v) is 3.30. The standard InChI is InChI=1S/C15H18NO2.Y/c1-10(15(2,3)18)16-14(17)13-9-8-11-6-4-5-7-12(11)13;/h4-7,9,18H,8H2,1-3H3,(H,16,17);/q-1;+3. The number of hydrogen-bond donors (Lipinski definition) is 2. The molecule has 19 heavy (non-hydrogen) atoms. The van der Waals surface area contributed by atoms with Gasteiger partial charge in [0.15, 0.2) is 0 Å². The summed E-state index contributed by atoms with van der Waals surface area (Å²) in [7, 11) is 0. The van der Waals surface area contributed by atoms with E-state index in [1.54, 1.807) is 20.8 Å². The van der Waals surface area contributed by atoms with Crippen molar-refractivity contribution in [1.29, 1.82) is 0 Å². The van der Waals surface area contributed by atoms with Gasteiger partial charge in [0, 0.05) is 5.57 Å². The predicted molar refractivity (Wildman–Crippen MR) is 71.5 cm³/mol. The van der Waals surface area contributed by atoms with Crippen molar-refractivity contribution >= 4 is 11.5 Å². The Morgan fingerprint density at radius 2 is 2.00 bits per heavy atom. The van der Waals surface area contributed by atoms with E-state index in [-0.39, 0.29) is 38.6 Å². The minimum Gasteiger partial charge on any atom is -0.496 e. The fourth-order valence-corrected chi connectivity index (χ4v) is 1.89. The zero-order valence-electron chi connectivity index (χ0n) is 11.5. The van der Waals surface area contributed by atoms with Crippen LogP contribution in [0.1, 0.15) is 31.9 Å². The van der Waals surface area contributed by atoms with Crippen molar-refractivity contribution in [3.05, 3.63) is 47.5 Å². The molecule has 4 heteroatoms. The van der Waals surface area contributed by atoms with Gasteiger partial charge in [-0.25, -0.2) is 0 Å². The molecule has 0 unspecified atom stereocenters. The van der Waals surface area contributed by atoms with Crippen LogP contribution in [0.3, 0.4) is 0 Å². The van der Waals surface area contributed by atoms with Gasteiger partial charge in [0.2, 0.25) is 5.91 Å². The first-order valence-electron chi connectivity index (χ1n) is 6.06. The first-order chi connectivity index (χ1) is 8.39. The molecule has 0 spiro atoms. The van der Waals surface area contributed by atoms with Crippen molar-refractivity contribution in [1.82, 2.24) is 5.32 Å². The second-order valence-corrected chi connectivity index (χ2v) is 5.12. The van der Waals surface area contributed by atoms with Crippen molar-refractivity contribution in [2.75, 3.05) is 0 Å². The van der Waals surface area contributed by atoms with Gasteiger partial charge in [-0.05, 0) is 23.1 Å². The summed E-state index contributed by atoms with van der Waals surface area (Å²) in [5.74, 6) is -0.153. The molecule has 3 nitrogen and oxygen atoms in total. The van der Waals surface area contributed by atoms with Gasteiger partial charge in [-0.15, -0.1) is 0 Å². The minimum atomic E-state index is -1.01. The molecular weight excluding hydrogens is 315 g/mol. The van der Waals surface area contributed by atoms with Gasteiger partial charge in [0.1, 0.15) is 0 Å². The maximum Gasteiger partial charge on any atom is 3.00 e. The molecule has 0 aliphatic heterocycles. The maximum absolute atomic E-state index is 12.2. The van der Waals surface area contributed by atoms with Crippen LogP contribution in [0, 0.1) is 6.04 Å². The second kappa shape index (κ2) is 6.30. The Morgan fingerprint density at radius 3 is 2.63 bits per heavy atom. The molecular formula is C15H18NO2Y+2. The summed E-state index contributed by atoms with van der Waals surface area (Å²) in [4.78, 5) is 12.2. The molecule has 1 aromatic carbocycles. The smallest absolute Gasteiger partial charge is 0.496 e. The van der Waals surface area contributed by atoms with E-state index in [4.69, 9.17) is 0 Å². The molecule has 0 atom stereocenters. The van der Waals surface area contributed by atoms with Crippen LogP contribution in [0.25, 0.3) is 5.57 Å². The SMILES string of the molecule is C[C-](NC(=O)C1=CCc2ccccc21)C(C)(C)O.[Y+3]. The summed E-state index contributed by atoms with van der Waals surface area (Å²) in [6, 6.07) is 8.43. The van der Waals surface area contributed by atoms with E-state index in [1.807, 2.05) is 30.3 Å². The van der Waals surface area contributed by atoms with Crippen molar-refractivity contribution in [2.24, 2.45) is 0 Å².